The summed E-state index contributed by atoms with van der Waals surface area (Å²) < 4.78 is 2.15. The maximum atomic E-state index is 11.5. The molecule has 0 radical (unpaired) electrons. The SMILES string of the molecule is C=CC(=O)NCc1nc2ccccc2n1Cc1ccccc1C. The summed E-state index contributed by atoms with van der Waals surface area (Å²) in [4.78, 5) is 16.1. The number of carbonyl (C=O) groups is 1. The maximum Gasteiger partial charge on any atom is 0.243 e. The highest BCUT2D eigenvalue weighted by molar-refractivity contribution is 5.86. The van der Waals surface area contributed by atoms with Crippen molar-refractivity contribution in [3.63, 3.8) is 0 Å². The van der Waals surface area contributed by atoms with E-state index in [1.165, 1.54) is 17.2 Å². The average Bonchev–Trinajstić information content (AvgIpc) is 2.92. The minimum absolute atomic E-state index is 0.195. The lowest BCUT2D eigenvalue weighted by atomic mass is 10.1. The van der Waals surface area contributed by atoms with Gasteiger partial charge in [0.15, 0.2) is 0 Å². The fraction of sp³-hybridized carbons (Fsp3) is 0.158. The zero-order chi connectivity index (χ0) is 16.2. The van der Waals surface area contributed by atoms with Crippen LogP contribution in [0.2, 0.25) is 0 Å². The van der Waals surface area contributed by atoms with Crippen molar-refractivity contribution in [3.05, 3.63) is 78.1 Å². The van der Waals surface area contributed by atoms with E-state index in [2.05, 4.69) is 46.6 Å². The van der Waals surface area contributed by atoms with E-state index < -0.39 is 0 Å². The zero-order valence-electron chi connectivity index (χ0n) is 13.1. The van der Waals surface area contributed by atoms with Crippen LogP contribution in [0.25, 0.3) is 11.0 Å². The predicted octanol–water partition coefficient (Wildman–Crippen LogP) is 3.20. The van der Waals surface area contributed by atoms with Crippen LogP contribution >= 0.6 is 0 Å². The largest absolute Gasteiger partial charge is 0.345 e. The van der Waals surface area contributed by atoms with Gasteiger partial charge in [-0.25, -0.2) is 4.98 Å². The number of benzene rings is 2. The Morgan fingerprint density at radius 2 is 1.96 bits per heavy atom. The van der Waals surface area contributed by atoms with Gasteiger partial charge in [-0.05, 0) is 36.3 Å². The molecule has 0 aliphatic carbocycles. The average molecular weight is 305 g/mol. The predicted molar refractivity (Wildman–Crippen MR) is 92.1 cm³/mol. The van der Waals surface area contributed by atoms with Crippen molar-refractivity contribution in [2.24, 2.45) is 0 Å². The minimum Gasteiger partial charge on any atom is -0.345 e. The molecule has 0 bridgehead atoms. The van der Waals surface area contributed by atoms with E-state index in [1.54, 1.807) is 0 Å². The highest BCUT2D eigenvalue weighted by Gasteiger charge is 2.12. The van der Waals surface area contributed by atoms with Crippen molar-refractivity contribution in [3.8, 4) is 0 Å². The number of imidazole rings is 1. The molecule has 0 atom stereocenters. The number of nitrogens with one attached hydrogen (secondary N) is 1. The van der Waals surface area contributed by atoms with Crippen molar-refractivity contribution >= 4 is 16.9 Å². The number of amides is 1. The first-order chi connectivity index (χ1) is 11.2. The van der Waals surface area contributed by atoms with Gasteiger partial charge in [-0.15, -0.1) is 0 Å². The number of hydrogen-bond acceptors (Lipinski definition) is 2. The molecule has 116 valence electrons. The lowest BCUT2D eigenvalue weighted by Gasteiger charge is -2.11. The van der Waals surface area contributed by atoms with E-state index in [9.17, 15) is 4.79 Å². The summed E-state index contributed by atoms with van der Waals surface area (Å²) in [6, 6.07) is 16.3. The first-order valence-corrected chi connectivity index (χ1v) is 7.58. The van der Waals surface area contributed by atoms with Crippen molar-refractivity contribution in [1.29, 1.82) is 0 Å². The smallest absolute Gasteiger partial charge is 0.243 e. The summed E-state index contributed by atoms with van der Waals surface area (Å²) in [5.41, 5.74) is 4.49. The number of aromatic nitrogens is 2. The fourth-order valence-corrected chi connectivity index (χ4v) is 2.63. The molecule has 0 saturated carbocycles. The molecular formula is C19H19N3O. The molecule has 3 rings (SSSR count). The summed E-state index contributed by atoms with van der Waals surface area (Å²) in [7, 11) is 0. The number of para-hydroxylation sites is 2. The topological polar surface area (TPSA) is 46.9 Å². The molecule has 1 aromatic heterocycles. The second-order valence-electron chi connectivity index (χ2n) is 5.45. The van der Waals surface area contributed by atoms with Crippen LogP contribution in [0.4, 0.5) is 0 Å². The number of hydrogen-bond donors (Lipinski definition) is 1. The second-order valence-corrected chi connectivity index (χ2v) is 5.45. The quantitative estimate of drug-likeness (QED) is 0.736. The van der Waals surface area contributed by atoms with Crippen molar-refractivity contribution in [1.82, 2.24) is 14.9 Å². The number of rotatable bonds is 5. The van der Waals surface area contributed by atoms with E-state index in [0.717, 1.165) is 23.4 Å². The molecule has 4 heteroatoms. The normalized spacial score (nSPS) is 10.7. The maximum absolute atomic E-state index is 11.5. The lowest BCUT2D eigenvalue weighted by Crippen LogP contribution is -2.22. The second kappa shape index (κ2) is 6.48. The number of nitrogens with zero attached hydrogens (tertiary/aromatic N) is 2. The molecule has 0 fully saturated rings. The molecule has 0 spiro atoms. The van der Waals surface area contributed by atoms with Crippen LogP contribution in [0, 0.1) is 6.92 Å². The Hall–Kier alpha value is -2.88. The molecule has 4 nitrogen and oxygen atoms in total. The first-order valence-electron chi connectivity index (χ1n) is 7.58. The third kappa shape index (κ3) is 3.16. The Bertz CT molecular complexity index is 864. The fourth-order valence-electron chi connectivity index (χ4n) is 2.63. The summed E-state index contributed by atoms with van der Waals surface area (Å²) >= 11 is 0. The molecule has 0 unspecified atom stereocenters. The van der Waals surface area contributed by atoms with Crippen LogP contribution < -0.4 is 5.32 Å². The number of carbonyl (C=O) groups excluding carboxylic acids is 1. The van der Waals surface area contributed by atoms with Crippen LogP contribution in [0.15, 0.2) is 61.2 Å². The van der Waals surface area contributed by atoms with Crippen molar-refractivity contribution in [2.75, 3.05) is 0 Å². The van der Waals surface area contributed by atoms with Crippen LogP contribution in [0.1, 0.15) is 17.0 Å². The molecule has 0 aliphatic rings. The zero-order valence-corrected chi connectivity index (χ0v) is 13.1. The van der Waals surface area contributed by atoms with Gasteiger partial charge in [0.25, 0.3) is 0 Å². The van der Waals surface area contributed by atoms with Gasteiger partial charge in [-0.3, -0.25) is 4.79 Å². The van der Waals surface area contributed by atoms with E-state index in [1.807, 2.05) is 30.3 Å². The van der Waals surface area contributed by atoms with Gasteiger partial charge in [-0.2, -0.15) is 0 Å². The van der Waals surface area contributed by atoms with Gasteiger partial charge in [0.1, 0.15) is 5.82 Å². The van der Waals surface area contributed by atoms with E-state index >= 15 is 0 Å². The lowest BCUT2D eigenvalue weighted by molar-refractivity contribution is -0.116. The van der Waals surface area contributed by atoms with Gasteiger partial charge in [0.2, 0.25) is 5.91 Å². The van der Waals surface area contributed by atoms with Crippen molar-refractivity contribution in [2.45, 2.75) is 20.0 Å². The van der Waals surface area contributed by atoms with Gasteiger partial charge in [-0.1, -0.05) is 43.0 Å². The number of aryl methyl sites for hydroxylation is 1. The molecule has 3 aromatic rings. The summed E-state index contributed by atoms with van der Waals surface area (Å²) in [6.07, 6.45) is 1.27. The molecule has 1 N–H and O–H groups in total. The Kier molecular flexibility index (Phi) is 4.24. The highest BCUT2D eigenvalue weighted by Crippen LogP contribution is 2.19. The van der Waals surface area contributed by atoms with Gasteiger partial charge in [0, 0.05) is 6.54 Å². The molecule has 0 saturated heterocycles. The van der Waals surface area contributed by atoms with Crippen molar-refractivity contribution < 1.29 is 4.79 Å². The monoisotopic (exact) mass is 305 g/mol. The molecule has 0 aliphatic heterocycles. The van der Waals surface area contributed by atoms with Gasteiger partial charge < -0.3 is 9.88 Å². The summed E-state index contributed by atoms with van der Waals surface area (Å²) in [5.74, 6) is 0.643. The van der Waals surface area contributed by atoms with Crippen LogP contribution in [0.5, 0.6) is 0 Å². The van der Waals surface area contributed by atoms with E-state index in [0.29, 0.717) is 6.54 Å². The Morgan fingerprint density at radius 3 is 2.74 bits per heavy atom. The molecule has 1 amide bonds. The Labute approximate surface area is 135 Å². The Morgan fingerprint density at radius 1 is 1.22 bits per heavy atom. The van der Waals surface area contributed by atoms with Crippen LogP contribution in [-0.2, 0) is 17.9 Å². The molecule has 2 aromatic carbocycles. The van der Waals surface area contributed by atoms with Gasteiger partial charge in [0.05, 0.1) is 17.6 Å². The molecule has 1 heterocycles. The van der Waals surface area contributed by atoms with Gasteiger partial charge >= 0.3 is 0 Å². The third-order valence-corrected chi connectivity index (χ3v) is 3.93. The highest BCUT2D eigenvalue weighted by atomic mass is 16.1. The van der Waals surface area contributed by atoms with Crippen LogP contribution in [0.3, 0.4) is 0 Å². The van der Waals surface area contributed by atoms with E-state index in [4.69, 9.17) is 0 Å². The Balaban J connectivity index is 2.00. The molecule has 23 heavy (non-hydrogen) atoms. The third-order valence-electron chi connectivity index (χ3n) is 3.93. The summed E-state index contributed by atoms with van der Waals surface area (Å²) in [6.45, 7) is 6.69. The molecular weight excluding hydrogens is 286 g/mol. The summed E-state index contributed by atoms with van der Waals surface area (Å²) in [5, 5.41) is 2.81. The number of fused-ring (bicyclic) bond motifs is 1. The standard InChI is InChI=1S/C19H19N3O/c1-3-19(23)20-12-18-21-16-10-6-7-11-17(16)22(18)13-15-9-5-4-8-14(15)2/h3-11H,1,12-13H2,2H3,(H,20,23). The van der Waals surface area contributed by atoms with Crippen LogP contribution in [-0.4, -0.2) is 15.5 Å². The first kappa shape index (κ1) is 15.0. The minimum atomic E-state index is -0.195. The van der Waals surface area contributed by atoms with E-state index in [-0.39, 0.29) is 5.91 Å².